The molecule has 0 spiro atoms. The molecule has 4 rings (SSSR count). The molecule has 0 saturated carbocycles. The maximum Gasteiger partial charge on any atom is 0.332 e. The standard InChI is InChI=1S/C22H24N4O3/c1-24-20-19(21(28)25(2)22(24)29)18(12-5-6-13-27)26(23-20)14-16-10-7-9-15-8-3-4-11-17(15)16/h3-4,7-11,27H,5-6,12-14H2,1-2H3. The Morgan fingerprint density at radius 1 is 0.966 bits per heavy atom. The smallest absolute Gasteiger partial charge is 0.332 e. The van der Waals surface area contributed by atoms with Crippen LogP contribution in [0.25, 0.3) is 21.8 Å². The van der Waals surface area contributed by atoms with E-state index in [4.69, 9.17) is 0 Å². The summed E-state index contributed by atoms with van der Waals surface area (Å²) in [4.78, 5) is 25.2. The van der Waals surface area contributed by atoms with Crippen LogP contribution in [0.4, 0.5) is 0 Å². The van der Waals surface area contributed by atoms with Gasteiger partial charge in [-0.3, -0.25) is 18.6 Å². The molecule has 0 fully saturated rings. The zero-order valence-corrected chi connectivity index (χ0v) is 16.6. The Labute approximate surface area is 167 Å². The summed E-state index contributed by atoms with van der Waals surface area (Å²) in [5.74, 6) is 0. The molecule has 0 aliphatic carbocycles. The molecular weight excluding hydrogens is 368 g/mol. The van der Waals surface area contributed by atoms with Gasteiger partial charge in [0.1, 0.15) is 5.39 Å². The fraction of sp³-hybridized carbons (Fsp3) is 0.318. The van der Waals surface area contributed by atoms with Gasteiger partial charge in [-0.2, -0.15) is 5.10 Å². The van der Waals surface area contributed by atoms with E-state index >= 15 is 0 Å². The molecule has 0 amide bonds. The fourth-order valence-electron chi connectivity index (χ4n) is 3.89. The zero-order valence-electron chi connectivity index (χ0n) is 16.6. The monoisotopic (exact) mass is 392 g/mol. The van der Waals surface area contributed by atoms with Crippen LogP contribution in [0.2, 0.25) is 0 Å². The molecule has 0 radical (unpaired) electrons. The summed E-state index contributed by atoms with van der Waals surface area (Å²) in [5.41, 5.74) is 1.58. The summed E-state index contributed by atoms with van der Waals surface area (Å²) < 4.78 is 4.39. The molecule has 7 heteroatoms. The van der Waals surface area contributed by atoms with Crippen LogP contribution in [-0.2, 0) is 27.1 Å². The molecule has 2 aromatic carbocycles. The summed E-state index contributed by atoms with van der Waals surface area (Å²) in [5, 5.41) is 16.6. The predicted molar refractivity (Wildman–Crippen MR) is 113 cm³/mol. The van der Waals surface area contributed by atoms with Gasteiger partial charge in [-0.05, 0) is 35.6 Å². The first kappa shape index (κ1) is 19.1. The van der Waals surface area contributed by atoms with Gasteiger partial charge in [0.2, 0.25) is 0 Å². The maximum absolute atomic E-state index is 12.9. The number of nitrogens with zero attached hydrogens (tertiary/aromatic N) is 4. The first-order valence-electron chi connectivity index (χ1n) is 9.76. The first-order chi connectivity index (χ1) is 14.0. The minimum Gasteiger partial charge on any atom is -0.396 e. The number of hydrogen-bond acceptors (Lipinski definition) is 4. The number of benzene rings is 2. The molecule has 0 atom stereocenters. The van der Waals surface area contributed by atoms with Crippen LogP contribution in [0.15, 0.2) is 52.1 Å². The second-order valence-corrected chi connectivity index (χ2v) is 7.33. The normalized spacial score (nSPS) is 11.6. The minimum absolute atomic E-state index is 0.103. The van der Waals surface area contributed by atoms with Crippen molar-refractivity contribution in [1.82, 2.24) is 18.9 Å². The molecule has 2 heterocycles. The van der Waals surface area contributed by atoms with E-state index in [-0.39, 0.29) is 17.9 Å². The number of aliphatic hydroxyl groups is 1. The average molecular weight is 392 g/mol. The van der Waals surface area contributed by atoms with Crippen molar-refractivity contribution in [3.63, 3.8) is 0 Å². The molecule has 1 N–H and O–H groups in total. The van der Waals surface area contributed by atoms with Gasteiger partial charge in [-0.1, -0.05) is 42.5 Å². The molecule has 0 aliphatic heterocycles. The van der Waals surface area contributed by atoms with Crippen molar-refractivity contribution in [2.45, 2.75) is 25.8 Å². The topological polar surface area (TPSA) is 82.1 Å². The summed E-state index contributed by atoms with van der Waals surface area (Å²) in [6.07, 6.45) is 1.99. The Kier molecular flexibility index (Phi) is 5.07. The lowest BCUT2D eigenvalue weighted by molar-refractivity contribution is 0.284. The molecule has 0 unspecified atom stereocenters. The number of rotatable bonds is 6. The van der Waals surface area contributed by atoms with Gasteiger partial charge in [0, 0.05) is 20.7 Å². The number of aliphatic hydroxyl groups excluding tert-OH is 1. The van der Waals surface area contributed by atoms with Gasteiger partial charge in [-0.25, -0.2) is 4.79 Å². The van der Waals surface area contributed by atoms with Crippen molar-refractivity contribution in [3.8, 4) is 0 Å². The molecule has 0 aliphatic rings. The van der Waals surface area contributed by atoms with Gasteiger partial charge in [0.25, 0.3) is 5.56 Å². The summed E-state index contributed by atoms with van der Waals surface area (Å²) in [6, 6.07) is 14.3. The molecule has 150 valence electrons. The second-order valence-electron chi connectivity index (χ2n) is 7.33. The SMILES string of the molecule is Cn1c(=O)c2c(CCCCO)n(Cc3cccc4ccccc34)nc2n(C)c1=O. The first-order valence-corrected chi connectivity index (χ1v) is 9.76. The van der Waals surface area contributed by atoms with Crippen molar-refractivity contribution in [1.29, 1.82) is 0 Å². The van der Waals surface area contributed by atoms with Crippen LogP contribution in [-0.4, -0.2) is 30.6 Å². The van der Waals surface area contributed by atoms with E-state index in [9.17, 15) is 14.7 Å². The third-order valence-corrected chi connectivity index (χ3v) is 5.47. The number of aromatic nitrogens is 4. The highest BCUT2D eigenvalue weighted by Gasteiger charge is 2.20. The van der Waals surface area contributed by atoms with Crippen molar-refractivity contribution < 1.29 is 5.11 Å². The van der Waals surface area contributed by atoms with Gasteiger partial charge in [0.15, 0.2) is 5.65 Å². The Balaban J connectivity index is 1.92. The third-order valence-electron chi connectivity index (χ3n) is 5.47. The van der Waals surface area contributed by atoms with Crippen molar-refractivity contribution in [2.75, 3.05) is 6.61 Å². The highest BCUT2D eigenvalue weighted by molar-refractivity contribution is 5.85. The largest absolute Gasteiger partial charge is 0.396 e. The summed E-state index contributed by atoms with van der Waals surface area (Å²) >= 11 is 0. The highest BCUT2D eigenvalue weighted by Crippen LogP contribution is 2.22. The van der Waals surface area contributed by atoms with E-state index < -0.39 is 0 Å². The lowest BCUT2D eigenvalue weighted by Crippen LogP contribution is -2.37. The Morgan fingerprint density at radius 2 is 1.72 bits per heavy atom. The highest BCUT2D eigenvalue weighted by atomic mass is 16.3. The molecule has 7 nitrogen and oxygen atoms in total. The van der Waals surface area contributed by atoms with Crippen LogP contribution in [0.3, 0.4) is 0 Å². The van der Waals surface area contributed by atoms with E-state index in [0.717, 1.165) is 33.0 Å². The average Bonchev–Trinajstić information content (AvgIpc) is 3.09. The quantitative estimate of drug-likeness (QED) is 0.509. The molecule has 0 bridgehead atoms. The van der Waals surface area contributed by atoms with Gasteiger partial charge >= 0.3 is 5.69 Å². The number of hydrogen-bond donors (Lipinski definition) is 1. The number of fused-ring (bicyclic) bond motifs is 2. The van der Waals surface area contributed by atoms with Crippen LogP contribution < -0.4 is 11.2 Å². The fourth-order valence-corrected chi connectivity index (χ4v) is 3.89. The second kappa shape index (κ2) is 7.67. The van der Waals surface area contributed by atoms with E-state index in [1.807, 2.05) is 22.9 Å². The molecule has 4 aromatic rings. The minimum atomic E-state index is -0.390. The Hall–Kier alpha value is -3.19. The van der Waals surface area contributed by atoms with Gasteiger partial charge in [-0.15, -0.1) is 0 Å². The lowest BCUT2D eigenvalue weighted by atomic mass is 10.0. The molecule has 0 saturated heterocycles. The Bertz CT molecular complexity index is 1310. The summed E-state index contributed by atoms with van der Waals surface area (Å²) in [6.45, 7) is 0.605. The van der Waals surface area contributed by atoms with Crippen LogP contribution in [0.1, 0.15) is 24.1 Å². The van der Waals surface area contributed by atoms with Gasteiger partial charge < -0.3 is 5.11 Å². The van der Waals surface area contributed by atoms with Crippen LogP contribution >= 0.6 is 0 Å². The van der Waals surface area contributed by atoms with Crippen LogP contribution in [0.5, 0.6) is 0 Å². The predicted octanol–water partition coefficient (Wildman–Crippen LogP) is 1.95. The Morgan fingerprint density at radius 3 is 2.52 bits per heavy atom. The van der Waals surface area contributed by atoms with Gasteiger partial charge in [0.05, 0.1) is 12.2 Å². The number of aryl methyl sites for hydroxylation is 2. The van der Waals surface area contributed by atoms with Crippen LogP contribution in [0, 0.1) is 0 Å². The van der Waals surface area contributed by atoms with Crippen molar-refractivity contribution in [2.24, 2.45) is 14.1 Å². The molecular formula is C22H24N4O3. The van der Waals surface area contributed by atoms with E-state index in [0.29, 0.717) is 30.4 Å². The van der Waals surface area contributed by atoms with E-state index in [2.05, 4.69) is 29.4 Å². The molecule has 2 aromatic heterocycles. The number of unbranched alkanes of at least 4 members (excludes halogenated alkanes) is 1. The third kappa shape index (κ3) is 3.27. The lowest BCUT2D eigenvalue weighted by Gasteiger charge is -2.10. The van der Waals surface area contributed by atoms with E-state index in [1.54, 1.807) is 7.05 Å². The molecule has 29 heavy (non-hydrogen) atoms. The van der Waals surface area contributed by atoms with E-state index in [1.165, 1.54) is 11.6 Å². The van der Waals surface area contributed by atoms with Crippen molar-refractivity contribution >= 4 is 21.8 Å². The van der Waals surface area contributed by atoms with Crippen molar-refractivity contribution in [3.05, 3.63) is 74.6 Å². The summed E-state index contributed by atoms with van der Waals surface area (Å²) in [7, 11) is 3.13. The maximum atomic E-state index is 12.9. The zero-order chi connectivity index (χ0) is 20.5.